The summed E-state index contributed by atoms with van der Waals surface area (Å²) in [6.07, 6.45) is 60.9. The lowest BCUT2D eigenvalue weighted by atomic mass is 10.0. The third-order valence-corrected chi connectivity index (χ3v) is 11.3. The molecule has 2 heteroatoms. The van der Waals surface area contributed by atoms with Crippen molar-refractivity contribution in [2.75, 3.05) is 0 Å². The van der Waals surface area contributed by atoms with Crippen LogP contribution in [0.1, 0.15) is 271 Å². The van der Waals surface area contributed by atoms with Crippen LogP contribution in [0.2, 0.25) is 0 Å². The standard InChI is InChI=1S/C47H93N2/c1-4-7-10-13-16-18-20-22-24-25-26-28-30-32-34-36-39-42-47-48(43-40-37-15-12-9-6-3)45-46-49(47)44-41-38-35-33-31-29-27-23-21-19-17-14-11-8-5-2/h45-46H,4-44H2,1-3H3/q+1. The first kappa shape index (κ1) is 46.2. The van der Waals surface area contributed by atoms with Crippen molar-refractivity contribution in [3.05, 3.63) is 18.2 Å². The number of nitrogens with zero attached hydrogens (tertiary/aromatic N) is 2. The average Bonchev–Trinajstić information content (AvgIpc) is 3.50. The van der Waals surface area contributed by atoms with Crippen LogP contribution >= 0.6 is 0 Å². The normalized spacial score (nSPS) is 11.7. The molecule has 0 amide bonds. The van der Waals surface area contributed by atoms with Crippen LogP contribution in [-0.2, 0) is 19.5 Å². The van der Waals surface area contributed by atoms with Crippen molar-refractivity contribution in [2.24, 2.45) is 0 Å². The maximum atomic E-state index is 2.64. The summed E-state index contributed by atoms with van der Waals surface area (Å²) in [5, 5.41) is 0. The lowest BCUT2D eigenvalue weighted by molar-refractivity contribution is -0.704. The Hall–Kier alpha value is -0.790. The van der Waals surface area contributed by atoms with Crippen molar-refractivity contribution >= 4 is 0 Å². The van der Waals surface area contributed by atoms with E-state index in [-0.39, 0.29) is 0 Å². The zero-order chi connectivity index (χ0) is 35.1. The Morgan fingerprint density at radius 3 is 0.980 bits per heavy atom. The fourth-order valence-corrected chi connectivity index (χ4v) is 7.92. The van der Waals surface area contributed by atoms with E-state index in [0.717, 1.165) is 0 Å². The SMILES string of the molecule is CCCCCCCCCCCCCCCCCCCc1n(CCCCCCCC)cc[n+]1CCCCCCCCCCCCCCCCC. The van der Waals surface area contributed by atoms with E-state index in [2.05, 4.69) is 42.3 Å². The van der Waals surface area contributed by atoms with E-state index >= 15 is 0 Å². The number of aryl methyl sites for hydroxylation is 2. The van der Waals surface area contributed by atoms with Gasteiger partial charge in [0, 0.05) is 6.42 Å². The van der Waals surface area contributed by atoms with Gasteiger partial charge in [0.1, 0.15) is 12.4 Å². The molecule has 0 unspecified atom stereocenters. The van der Waals surface area contributed by atoms with Gasteiger partial charge >= 0.3 is 0 Å². The first-order chi connectivity index (χ1) is 24.3. The molecule has 1 rings (SSSR count). The Morgan fingerprint density at radius 2 is 0.633 bits per heavy atom. The van der Waals surface area contributed by atoms with Crippen LogP contribution in [0.3, 0.4) is 0 Å². The van der Waals surface area contributed by atoms with Crippen LogP contribution in [0, 0.1) is 0 Å². The molecule has 1 aromatic heterocycles. The molecule has 0 radical (unpaired) electrons. The maximum absolute atomic E-state index is 2.64. The van der Waals surface area contributed by atoms with Gasteiger partial charge in [0.15, 0.2) is 0 Å². The van der Waals surface area contributed by atoms with Gasteiger partial charge in [-0.05, 0) is 32.1 Å². The maximum Gasteiger partial charge on any atom is 0.256 e. The van der Waals surface area contributed by atoms with Crippen LogP contribution in [-0.4, -0.2) is 4.57 Å². The van der Waals surface area contributed by atoms with Gasteiger partial charge in [0.2, 0.25) is 0 Å². The Bertz CT molecular complexity index is 751. The second-order valence-electron chi connectivity index (χ2n) is 16.2. The highest BCUT2D eigenvalue weighted by molar-refractivity contribution is 4.84. The highest BCUT2D eigenvalue weighted by Gasteiger charge is 2.16. The molecule has 1 aromatic rings. The minimum Gasteiger partial charge on any atom is -0.234 e. The summed E-state index contributed by atoms with van der Waals surface area (Å²) < 4.78 is 5.28. The quantitative estimate of drug-likeness (QED) is 0.0479. The fraction of sp³-hybridized carbons (Fsp3) is 0.936. The number of hydrogen-bond acceptors (Lipinski definition) is 0. The van der Waals surface area contributed by atoms with E-state index < -0.39 is 0 Å². The predicted molar refractivity (Wildman–Crippen MR) is 221 cm³/mol. The second-order valence-corrected chi connectivity index (χ2v) is 16.2. The summed E-state index contributed by atoms with van der Waals surface area (Å²) in [7, 11) is 0. The third-order valence-electron chi connectivity index (χ3n) is 11.3. The molecule has 0 atom stereocenters. The molecule has 0 aliphatic carbocycles. The van der Waals surface area contributed by atoms with Gasteiger partial charge in [-0.2, -0.15) is 0 Å². The molecular weight excluding hydrogens is 593 g/mol. The lowest BCUT2D eigenvalue weighted by Gasteiger charge is -2.07. The highest BCUT2D eigenvalue weighted by atomic mass is 15.1. The molecule has 0 aliphatic rings. The molecule has 0 aromatic carbocycles. The zero-order valence-corrected chi connectivity index (χ0v) is 34.5. The highest BCUT2D eigenvalue weighted by Crippen LogP contribution is 2.16. The van der Waals surface area contributed by atoms with Crippen molar-refractivity contribution in [3.8, 4) is 0 Å². The van der Waals surface area contributed by atoms with Gasteiger partial charge in [0.25, 0.3) is 5.82 Å². The minimum absolute atomic E-state index is 1.23. The zero-order valence-electron chi connectivity index (χ0n) is 34.5. The number of aromatic nitrogens is 2. The topological polar surface area (TPSA) is 8.81 Å². The summed E-state index contributed by atoms with van der Waals surface area (Å²) in [4.78, 5) is 0. The predicted octanol–water partition coefficient (Wildman–Crippen LogP) is 16.2. The molecule has 0 aliphatic heterocycles. The lowest BCUT2D eigenvalue weighted by Crippen LogP contribution is -2.37. The van der Waals surface area contributed by atoms with Crippen LogP contribution in [0.15, 0.2) is 12.4 Å². The molecule has 2 nitrogen and oxygen atoms in total. The van der Waals surface area contributed by atoms with Gasteiger partial charge in [-0.1, -0.05) is 233 Å². The van der Waals surface area contributed by atoms with E-state index in [4.69, 9.17) is 0 Å². The Morgan fingerprint density at radius 1 is 0.347 bits per heavy atom. The van der Waals surface area contributed by atoms with Gasteiger partial charge in [-0.15, -0.1) is 0 Å². The van der Waals surface area contributed by atoms with Gasteiger partial charge in [0.05, 0.1) is 13.1 Å². The molecule has 0 spiro atoms. The third kappa shape index (κ3) is 30.5. The molecule has 0 fully saturated rings. The van der Waals surface area contributed by atoms with E-state index in [9.17, 15) is 0 Å². The Kier molecular flexibility index (Phi) is 36.3. The van der Waals surface area contributed by atoms with E-state index in [1.54, 1.807) is 5.82 Å². The van der Waals surface area contributed by atoms with Crippen LogP contribution in [0.5, 0.6) is 0 Å². The Labute approximate surface area is 310 Å². The molecule has 0 bridgehead atoms. The van der Waals surface area contributed by atoms with E-state index in [1.165, 1.54) is 264 Å². The average molecular weight is 686 g/mol. The van der Waals surface area contributed by atoms with E-state index in [0.29, 0.717) is 0 Å². The number of hydrogen-bond donors (Lipinski definition) is 0. The summed E-state index contributed by atoms with van der Waals surface area (Å²) in [5.74, 6) is 1.62. The summed E-state index contributed by atoms with van der Waals surface area (Å²) in [6, 6.07) is 0. The second kappa shape index (κ2) is 38.4. The molecule has 1 heterocycles. The smallest absolute Gasteiger partial charge is 0.234 e. The van der Waals surface area contributed by atoms with Gasteiger partial charge < -0.3 is 0 Å². The van der Waals surface area contributed by atoms with Crippen LogP contribution < -0.4 is 4.57 Å². The molecule has 0 N–H and O–H groups in total. The minimum atomic E-state index is 1.23. The van der Waals surface area contributed by atoms with Gasteiger partial charge in [-0.3, -0.25) is 0 Å². The van der Waals surface area contributed by atoms with Crippen LogP contribution in [0.4, 0.5) is 0 Å². The number of imidazole rings is 1. The molecular formula is C47H93N2+. The van der Waals surface area contributed by atoms with Crippen molar-refractivity contribution in [2.45, 2.75) is 284 Å². The van der Waals surface area contributed by atoms with Crippen molar-refractivity contribution < 1.29 is 4.57 Å². The van der Waals surface area contributed by atoms with Crippen LogP contribution in [0.25, 0.3) is 0 Å². The summed E-state index contributed by atoms with van der Waals surface area (Å²) in [6.45, 7) is 9.41. The molecule has 0 saturated carbocycles. The molecule has 0 saturated heterocycles. The largest absolute Gasteiger partial charge is 0.256 e. The summed E-state index contributed by atoms with van der Waals surface area (Å²) in [5.41, 5.74) is 0. The number of unbranched alkanes of at least 4 members (excludes halogenated alkanes) is 35. The molecule has 290 valence electrons. The van der Waals surface area contributed by atoms with E-state index in [1.807, 2.05) is 0 Å². The van der Waals surface area contributed by atoms with Gasteiger partial charge in [-0.25, -0.2) is 9.13 Å². The first-order valence-corrected chi connectivity index (χ1v) is 23.4. The van der Waals surface area contributed by atoms with Crippen molar-refractivity contribution in [1.29, 1.82) is 0 Å². The van der Waals surface area contributed by atoms with Crippen molar-refractivity contribution in [1.82, 2.24) is 4.57 Å². The summed E-state index contributed by atoms with van der Waals surface area (Å²) >= 11 is 0. The number of rotatable bonds is 41. The first-order valence-electron chi connectivity index (χ1n) is 23.4. The Balaban J connectivity index is 2.17. The fourth-order valence-electron chi connectivity index (χ4n) is 7.92. The monoisotopic (exact) mass is 686 g/mol. The molecule has 49 heavy (non-hydrogen) atoms. The van der Waals surface area contributed by atoms with Crippen molar-refractivity contribution in [3.63, 3.8) is 0 Å².